The molecule has 1 aromatic heterocycles. The lowest BCUT2D eigenvalue weighted by molar-refractivity contribution is 0.00755. The number of benzene rings is 1. The summed E-state index contributed by atoms with van der Waals surface area (Å²) in [6.45, 7) is 2.30. The van der Waals surface area contributed by atoms with Gasteiger partial charge in [-0.3, -0.25) is 0 Å². The minimum atomic E-state index is -0.105. The molecular weight excluding hydrogens is 278 g/mol. The first kappa shape index (κ1) is 15.0. The van der Waals surface area contributed by atoms with E-state index in [9.17, 15) is 0 Å². The summed E-state index contributed by atoms with van der Waals surface area (Å²) in [5, 5.41) is 7.26. The van der Waals surface area contributed by atoms with Crippen LogP contribution in [0.1, 0.15) is 23.4 Å². The normalized spacial score (nSPS) is 18.5. The molecule has 1 N–H and O–H groups in total. The number of aromatic nitrogens is 2. The van der Waals surface area contributed by atoms with Gasteiger partial charge in [0.25, 0.3) is 5.89 Å². The Kier molecular flexibility index (Phi) is 5.52. The summed E-state index contributed by atoms with van der Waals surface area (Å²) >= 11 is 0. The second kappa shape index (κ2) is 7.38. The van der Waals surface area contributed by atoms with Crippen LogP contribution in [0.4, 0.5) is 0 Å². The second-order valence-electron chi connectivity index (χ2n) is 4.60. The Morgan fingerprint density at radius 2 is 2.05 bits per heavy atom. The van der Waals surface area contributed by atoms with E-state index in [0.717, 1.165) is 31.8 Å². The van der Waals surface area contributed by atoms with Crippen LogP contribution in [0, 0.1) is 0 Å². The van der Waals surface area contributed by atoms with Crippen molar-refractivity contribution < 1.29 is 9.26 Å². The first-order valence-corrected chi connectivity index (χ1v) is 6.60. The molecule has 0 amide bonds. The molecule has 0 aliphatic carbocycles. The van der Waals surface area contributed by atoms with Crippen LogP contribution in [0.15, 0.2) is 34.9 Å². The molecular formula is C14H18ClN3O2. The quantitative estimate of drug-likeness (QED) is 0.934. The minimum absolute atomic E-state index is 0. The molecule has 1 aliphatic rings. The van der Waals surface area contributed by atoms with Gasteiger partial charge < -0.3 is 14.6 Å². The Morgan fingerprint density at radius 3 is 2.80 bits per heavy atom. The summed E-state index contributed by atoms with van der Waals surface area (Å²) < 4.78 is 10.8. The van der Waals surface area contributed by atoms with Gasteiger partial charge in [0.1, 0.15) is 6.10 Å². The van der Waals surface area contributed by atoms with Gasteiger partial charge in [0, 0.05) is 19.5 Å². The molecule has 3 rings (SSSR count). The van der Waals surface area contributed by atoms with E-state index in [2.05, 4.69) is 27.6 Å². The largest absolute Gasteiger partial charge is 0.366 e. The summed E-state index contributed by atoms with van der Waals surface area (Å²) in [5.74, 6) is 1.32. The van der Waals surface area contributed by atoms with Gasteiger partial charge in [0.15, 0.2) is 5.82 Å². The van der Waals surface area contributed by atoms with Crippen molar-refractivity contribution in [3.63, 3.8) is 0 Å². The van der Waals surface area contributed by atoms with Crippen LogP contribution in [0.5, 0.6) is 0 Å². The Hall–Kier alpha value is -1.43. The van der Waals surface area contributed by atoms with Gasteiger partial charge in [0.05, 0.1) is 6.61 Å². The summed E-state index contributed by atoms with van der Waals surface area (Å²) in [7, 11) is 0. The highest BCUT2D eigenvalue weighted by molar-refractivity contribution is 5.85. The van der Waals surface area contributed by atoms with E-state index in [-0.39, 0.29) is 18.5 Å². The van der Waals surface area contributed by atoms with Gasteiger partial charge in [-0.15, -0.1) is 12.4 Å². The van der Waals surface area contributed by atoms with Crippen LogP contribution in [-0.4, -0.2) is 29.8 Å². The molecule has 0 bridgehead atoms. The molecule has 1 aromatic carbocycles. The molecule has 2 heterocycles. The lowest BCUT2D eigenvalue weighted by Gasteiger charge is -2.19. The molecule has 0 unspecified atom stereocenters. The highest BCUT2D eigenvalue weighted by atomic mass is 35.5. The third-order valence-electron chi connectivity index (χ3n) is 3.17. The molecule has 1 aliphatic heterocycles. The van der Waals surface area contributed by atoms with E-state index < -0.39 is 0 Å². The van der Waals surface area contributed by atoms with Crippen molar-refractivity contribution in [1.29, 1.82) is 0 Å². The van der Waals surface area contributed by atoms with E-state index in [1.165, 1.54) is 5.56 Å². The van der Waals surface area contributed by atoms with Crippen molar-refractivity contribution in [2.75, 3.05) is 19.7 Å². The van der Waals surface area contributed by atoms with Crippen LogP contribution in [-0.2, 0) is 17.6 Å². The Morgan fingerprint density at radius 1 is 1.20 bits per heavy atom. The maximum absolute atomic E-state index is 5.58. The van der Waals surface area contributed by atoms with Gasteiger partial charge in [-0.1, -0.05) is 35.5 Å². The van der Waals surface area contributed by atoms with Gasteiger partial charge in [-0.05, 0) is 12.0 Å². The van der Waals surface area contributed by atoms with E-state index in [4.69, 9.17) is 9.26 Å². The third kappa shape index (κ3) is 3.79. The number of rotatable bonds is 4. The summed E-state index contributed by atoms with van der Waals surface area (Å²) in [6.07, 6.45) is 1.60. The van der Waals surface area contributed by atoms with Crippen LogP contribution in [0.25, 0.3) is 0 Å². The fourth-order valence-corrected chi connectivity index (χ4v) is 2.12. The standard InChI is InChI=1S/C14H17N3O2.ClH/c1-2-4-11(5-3-1)6-7-13-16-14(19-17-13)12-10-15-8-9-18-12;/h1-5,12,15H,6-10H2;1H/t12-;/m1./s1. The van der Waals surface area contributed by atoms with E-state index in [1.54, 1.807) is 0 Å². The maximum atomic E-state index is 5.58. The van der Waals surface area contributed by atoms with Gasteiger partial charge in [0.2, 0.25) is 0 Å². The molecule has 0 saturated carbocycles. The molecule has 2 aromatic rings. The lowest BCUT2D eigenvalue weighted by atomic mass is 10.1. The predicted molar refractivity (Wildman–Crippen MR) is 77.0 cm³/mol. The molecule has 5 nitrogen and oxygen atoms in total. The molecule has 1 atom stereocenters. The molecule has 0 spiro atoms. The molecule has 20 heavy (non-hydrogen) atoms. The van der Waals surface area contributed by atoms with Crippen molar-refractivity contribution in [2.24, 2.45) is 0 Å². The van der Waals surface area contributed by atoms with Gasteiger partial charge in [-0.2, -0.15) is 4.98 Å². The van der Waals surface area contributed by atoms with E-state index >= 15 is 0 Å². The number of hydrogen-bond acceptors (Lipinski definition) is 5. The summed E-state index contributed by atoms with van der Waals surface area (Å²) in [4.78, 5) is 4.41. The SMILES string of the molecule is Cl.c1ccc(CCc2noc([C@H]3CNCCO3)n2)cc1. The average Bonchev–Trinajstić information content (AvgIpc) is 2.96. The number of ether oxygens (including phenoxy) is 1. The minimum Gasteiger partial charge on any atom is -0.366 e. The maximum Gasteiger partial charge on any atom is 0.257 e. The molecule has 0 radical (unpaired) electrons. The topological polar surface area (TPSA) is 60.2 Å². The second-order valence-corrected chi connectivity index (χ2v) is 4.60. The number of halogens is 1. The highest BCUT2D eigenvalue weighted by Gasteiger charge is 2.21. The number of nitrogens with zero attached hydrogens (tertiary/aromatic N) is 2. The van der Waals surface area contributed by atoms with Crippen molar-refractivity contribution >= 4 is 12.4 Å². The van der Waals surface area contributed by atoms with Crippen LogP contribution < -0.4 is 5.32 Å². The van der Waals surface area contributed by atoms with Crippen LogP contribution >= 0.6 is 12.4 Å². The Labute approximate surface area is 124 Å². The van der Waals surface area contributed by atoms with Crippen molar-refractivity contribution in [1.82, 2.24) is 15.5 Å². The molecule has 1 saturated heterocycles. The van der Waals surface area contributed by atoms with E-state index in [0.29, 0.717) is 12.5 Å². The highest BCUT2D eigenvalue weighted by Crippen LogP contribution is 2.16. The fraction of sp³-hybridized carbons (Fsp3) is 0.429. The van der Waals surface area contributed by atoms with Crippen LogP contribution in [0.2, 0.25) is 0 Å². The van der Waals surface area contributed by atoms with Gasteiger partial charge in [-0.25, -0.2) is 0 Å². The van der Waals surface area contributed by atoms with Crippen molar-refractivity contribution in [2.45, 2.75) is 18.9 Å². The third-order valence-corrected chi connectivity index (χ3v) is 3.17. The number of aryl methyl sites for hydroxylation is 2. The predicted octanol–water partition coefficient (Wildman–Crippen LogP) is 1.94. The monoisotopic (exact) mass is 295 g/mol. The summed E-state index contributed by atoms with van der Waals surface area (Å²) in [5.41, 5.74) is 1.28. The smallest absolute Gasteiger partial charge is 0.257 e. The number of nitrogens with one attached hydrogen (secondary N) is 1. The zero-order valence-electron chi connectivity index (χ0n) is 11.1. The molecule has 1 fully saturated rings. The number of hydrogen-bond donors (Lipinski definition) is 1. The molecule has 6 heteroatoms. The number of morpholine rings is 1. The van der Waals surface area contributed by atoms with Gasteiger partial charge >= 0.3 is 0 Å². The Bertz CT molecular complexity index is 512. The van der Waals surface area contributed by atoms with E-state index in [1.807, 2.05) is 18.2 Å². The average molecular weight is 296 g/mol. The fourth-order valence-electron chi connectivity index (χ4n) is 2.12. The van der Waals surface area contributed by atoms with Crippen molar-refractivity contribution in [3.8, 4) is 0 Å². The van der Waals surface area contributed by atoms with Crippen LogP contribution in [0.3, 0.4) is 0 Å². The molecule has 108 valence electrons. The first-order valence-electron chi connectivity index (χ1n) is 6.60. The zero-order chi connectivity index (χ0) is 12.9. The van der Waals surface area contributed by atoms with Crippen molar-refractivity contribution in [3.05, 3.63) is 47.6 Å². The summed E-state index contributed by atoms with van der Waals surface area (Å²) in [6, 6.07) is 10.3. The first-order chi connectivity index (χ1) is 9.42. The Balaban J connectivity index is 0.00000147. The zero-order valence-corrected chi connectivity index (χ0v) is 11.9. The lowest BCUT2D eigenvalue weighted by Crippen LogP contribution is -2.33.